The highest BCUT2D eigenvalue weighted by Gasteiger charge is 2.49. The fourth-order valence-electron chi connectivity index (χ4n) is 3.99. The quantitative estimate of drug-likeness (QED) is 0.622. The van der Waals surface area contributed by atoms with Gasteiger partial charge in [0.05, 0.1) is 5.41 Å². The molecule has 0 N–H and O–H groups in total. The molecule has 0 saturated heterocycles. The Hall–Kier alpha value is -1.35. The van der Waals surface area contributed by atoms with Gasteiger partial charge >= 0.3 is 0 Å². The lowest BCUT2D eigenvalue weighted by atomic mass is 9.68. The lowest BCUT2D eigenvalue weighted by Gasteiger charge is -2.39. The average molecular weight is 343 g/mol. The van der Waals surface area contributed by atoms with Crippen LogP contribution in [0.1, 0.15) is 64.5 Å². The molecule has 24 heavy (non-hydrogen) atoms. The van der Waals surface area contributed by atoms with E-state index in [1.165, 1.54) is 16.7 Å². The molecule has 1 saturated carbocycles. The van der Waals surface area contributed by atoms with Crippen LogP contribution in [0.15, 0.2) is 24.3 Å². The summed E-state index contributed by atoms with van der Waals surface area (Å²) in [5.74, 6) is 1.69. The van der Waals surface area contributed by atoms with E-state index in [4.69, 9.17) is 4.43 Å². The molecule has 1 aromatic rings. The van der Waals surface area contributed by atoms with Gasteiger partial charge in [-0.15, -0.1) is 0 Å². The van der Waals surface area contributed by atoms with E-state index in [1.54, 1.807) is 0 Å². The summed E-state index contributed by atoms with van der Waals surface area (Å²) in [6.45, 7) is 15.6. The smallest absolute Gasteiger partial charge is 0.250 e. The molecular formula is C21H30O2Si. The van der Waals surface area contributed by atoms with Gasteiger partial charge in [0.1, 0.15) is 11.5 Å². The number of fused-ring (bicyclic) bond motifs is 3. The van der Waals surface area contributed by atoms with Crippen molar-refractivity contribution in [2.45, 2.75) is 71.5 Å². The number of allylic oxidation sites excluding steroid dienone is 2. The lowest BCUT2D eigenvalue weighted by molar-refractivity contribution is -0.123. The summed E-state index contributed by atoms with van der Waals surface area (Å²) in [5.41, 5.74) is 3.40. The minimum Gasteiger partial charge on any atom is -0.543 e. The van der Waals surface area contributed by atoms with E-state index in [0.29, 0.717) is 18.1 Å². The molecule has 2 aliphatic carbocycles. The first-order valence-corrected chi connectivity index (χ1v) is 11.9. The summed E-state index contributed by atoms with van der Waals surface area (Å²) in [5, 5.41) is 0.167. The molecule has 2 nitrogen and oxygen atoms in total. The van der Waals surface area contributed by atoms with Gasteiger partial charge in [0, 0.05) is 17.9 Å². The van der Waals surface area contributed by atoms with Gasteiger partial charge < -0.3 is 4.43 Å². The predicted molar refractivity (Wildman–Crippen MR) is 103 cm³/mol. The molecule has 2 aliphatic rings. The summed E-state index contributed by atoms with van der Waals surface area (Å²) in [4.78, 5) is 12.5. The largest absolute Gasteiger partial charge is 0.543 e. The van der Waals surface area contributed by atoms with Crippen molar-refractivity contribution in [3.8, 4) is 5.75 Å². The molecular weight excluding hydrogens is 312 g/mol. The Labute approximate surface area is 147 Å². The van der Waals surface area contributed by atoms with Crippen LogP contribution in [0.4, 0.5) is 0 Å². The Kier molecular flexibility index (Phi) is 3.87. The van der Waals surface area contributed by atoms with Crippen LogP contribution in [0.3, 0.4) is 0 Å². The number of carbonyl (C=O) groups is 1. The van der Waals surface area contributed by atoms with Gasteiger partial charge in [-0.2, -0.15) is 0 Å². The SMILES string of the molecule is CC1=C[C@]2(C)C(=O)CC[C@@H]2c2cccc(O[Si](C)(C)C(C)(C)C)c21. The van der Waals surface area contributed by atoms with Gasteiger partial charge in [-0.1, -0.05) is 39.0 Å². The molecule has 0 aromatic heterocycles. The standard InChI is InChI=1S/C21H30O2Si/c1-14-13-21(5)16(11-12-18(21)22)15-9-8-10-17(19(14)15)23-24(6,7)20(2,3)4/h8-10,13,16H,11-12H2,1-7H3/t16-,21+/m1/s1. The molecule has 0 amide bonds. The summed E-state index contributed by atoms with van der Waals surface area (Å²) >= 11 is 0. The number of Topliss-reactive ketones (excluding diaryl/α,β-unsaturated/α-hetero) is 1. The van der Waals surface area contributed by atoms with Gasteiger partial charge in [-0.25, -0.2) is 0 Å². The maximum Gasteiger partial charge on any atom is 0.250 e. The first-order chi connectivity index (χ1) is 11.0. The van der Waals surface area contributed by atoms with Gasteiger partial charge in [0.25, 0.3) is 8.32 Å². The lowest BCUT2D eigenvalue weighted by Crippen LogP contribution is -2.44. The third kappa shape index (κ3) is 2.48. The molecule has 3 heteroatoms. The minimum atomic E-state index is -1.89. The molecule has 1 fully saturated rings. The molecule has 130 valence electrons. The first-order valence-electron chi connectivity index (χ1n) is 9.02. The zero-order valence-electron chi connectivity index (χ0n) is 16.1. The Morgan fingerprint density at radius 1 is 1.25 bits per heavy atom. The average Bonchev–Trinajstić information content (AvgIpc) is 2.73. The molecule has 0 unspecified atom stereocenters. The number of carbonyl (C=O) groups excluding carboxylic acids is 1. The normalized spacial score (nSPS) is 26.7. The summed E-state index contributed by atoms with van der Waals surface area (Å²) in [7, 11) is -1.89. The fraction of sp³-hybridized carbons (Fsp3) is 0.571. The Bertz CT molecular complexity index is 724. The second kappa shape index (κ2) is 5.32. The van der Waals surface area contributed by atoms with Gasteiger partial charge in [-0.05, 0) is 55.6 Å². The van der Waals surface area contributed by atoms with Crippen molar-refractivity contribution >= 4 is 19.7 Å². The zero-order valence-corrected chi connectivity index (χ0v) is 17.1. The van der Waals surface area contributed by atoms with Crippen LogP contribution >= 0.6 is 0 Å². The first kappa shape index (κ1) is 17.5. The van der Waals surface area contributed by atoms with E-state index in [9.17, 15) is 4.79 Å². The Morgan fingerprint density at radius 2 is 1.92 bits per heavy atom. The van der Waals surface area contributed by atoms with E-state index >= 15 is 0 Å². The van der Waals surface area contributed by atoms with Crippen LogP contribution < -0.4 is 4.43 Å². The fourth-order valence-corrected chi connectivity index (χ4v) is 5.02. The molecule has 0 bridgehead atoms. The number of rotatable bonds is 2. The third-order valence-electron chi connectivity index (χ3n) is 6.50. The van der Waals surface area contributed by atoms with Crippen LogP contribution in [0, 0.1) is 5.41 Å². The highest BCUT2D eigenvalue weighted by Crippen LogP contribution is 2.55. The van der Waals surface area contributed by atoms with Crippen LogP contribution in [0.5, 0.6) is 5.75 Å². The van der Waals surface area contributed by atoms with Gasteiger partial charge in [-0.3, -0.25) is 4.79 Å². The molecule has 0 heterocycles. The van der Waals surface area contributed by atoms with Crippen molar-refractivity contribution in [3.05, 3.63) is 35.4 Å². The molecule has 3 rings (SSSR count). The molecule has 0 spiro atoms. The highest BCUT2D eigenvalue weighted by molar-refractivity contribution is 6.74. The highest BCUT2D eigenvalue weighted by atomic mass is 28.4. The van der Waals surface area contributed by atoms with E-state index in [0.717, 1.165) is 12.2 Å². The number of hydrogen-bond donors (Lipinski definition) is 0. The van der Waals surface area contributed by atoms with E-state index in [-0.39, 0.29) is 10.5 Å². The number of benzene rings is 1. The summed E-state index contributed by atoms with van der Waals surface area (Å²) in [6.07, 6.45) is 3.85. The van der Waals surface area contributed by atoms with E-state index in [2.05, 4.69) is 72.0 Å². The molecule has 2 atom stereocenters. The van der Waals surface area contributed by atoms with Crippen LogP contribution in [0.2, 0.25) is 18.1 Å². The van der Waals surface area contributed by atoms with Crippen LogP contribution in [0.25, 0.3) is 5.57 Å². The van der Waals surface area contributed by atoms with Crippen molar-refractivity contribution in [1.82, 2.24) is 0 Å². The summed E-state index contributed by atoms with van der Waals surface area (Å²) < 4.78 is 6.66. The van der Waals surface area contributed by atoms with Crippen molar-refractivity contribution in [2.75, 3.05) is 0 Å². The monoisotopic (exact) mass is 342 g/mol. The number of ketones is 1. The second-order valence-electron chi connectivity index (χ2n) is 9.21. The maximum atomic E-state index is 12.5. The van der Waals surface area contributed by atoms with Gasteiger partial charge in [0.2, 0.25) is 0 Å². The minimum absolute atomic E-state index is 0.167. The van der Waals surface area contributed by atoms with Crippen molar-refractivity contribution in [3.63, 3.8) is 0 Å². The zero-order chi connectivity index (χ0) is 17.9. The predicted octanol–water partition coefficient (Wildman–Crippen LogP) is 5.94. The number of hydrogen-bond acceptors (Lipinski definition) is 2. The molecule has 0 aliphatic heterocycles. The van der Waals surface area contributed by atoms with E-state index in [1.807, 2.05) is 0 Å². The van der Waals surface area contributed by atoms with Crippen molar-refractivity contribution in [2.24, 2.45) is 5.41 Å². The molecule has 0 radical (unpaired) electrons. The van der Waals surface area contributed by atoms with E-state index < -0.39 is 8.32 Å². The van der Waals surface area contributed by atoms with Crippen LogP contribution in [-0.4, -0.2) is 14.1 Å². The van der Waals surface area contributed by atoms with Gasteiger partial charge in [0.15, 0.2) is 0 Å². The molecule has 1 aromatic carbocycles. The van der Waals surface area contributed by atoms with Crippen LogP contribution in [-0.2, 0) is 4.79 Å². The maximum absolute atomic E-state index is 12.5. The Balaban J connectivity index is 2.10. The third-order valence-corrected chi connectivity index (χ3v) is 10.8. The Morgan fingerprint density at radius 3 is 2.54 bits per heavy atom. The second-order valence-corrected chi connectivity index (χ2v) is 13.9. The topological polar surface area (TPSA) is 26.3 Å². The van der Waals surface area contributed by atoms with Crippen molar-refractivity contribution < 1.29 is 9.22 Å². The summed E-state index contributed by atoms with van der Waals surface area (Å²) in [6, 6.07) is 6.41. The van der Waals surface area contributed by atoms with Crippen molar-refractivity contribution in [1.29, 1.82) is 0 Å².